The summed E-state index contributed by atoms with van der Waals surface area (Å²) < 4.78 is 18.7. The van der Waals surface area contributed by atoms with Gasteiger partial charge in [-0.3, -0.25) is 0 Å². The molecule has 0 aromatic rings. The topological polar surface area (TPSA) is 78.9 Å². The number of rotatable bonds is 42. The van der Waals surface area contributed by atoms with E-state index in [9.17, 15) is 14.4 Å². The molecule has 0 heterocycles. The van der Waals surface area contributed by atoms with Crippen LogP contribution in [0.3, 0.4) is 0 Å². The van der Waals surface area contributed by atoms with Gasteiger partial charge in [0.1, 0.15) is 0 Å². The fraction of sp³-hybridized carbons (Fsp3) is 0.935. The molecule has 3 atom stereocenters. The van der Waals surface area contributed by atoms with Gasteiger partial charge in [-0.05, 0) is 0 Å². The van der Waals surface area contributed by atoms with Crippen LogP contribution in [0.2, 0.25) is 4.44 Å². The summed E-state index contributed by atoms with van der Waals surface area (Å²) in [7, 11) is 0. The van der Waals surface area contributed by atoms with E-state index in [1.54, 1.807) is 0 Å². The van der Waals surface area contributed by atoms with Gasteiger partial charge in [-0.2, -0.15) is 0 Å². The van der Waals surface area contributed by atoms with Gasteiger partial charge in [0.25, 0.3) is 0 Å². The number of thiol groups is 3. The van der Waals surface area contributed by atoms with Crippen molar-refractivity contribution in [1.82, 2.24) is 0 Å². The van der Waals surface area contributed by atoms with E-state index in [0.717, 1.165) is 64.2 Å². The van der Waals surface area contributed by atoms with Crippen molar-refractivity contribution in [2.45, 2.75) is 273 Å². The summed E-state index contributed by atoms with van der Waals surface area (Å²) >= 11 is 8.77. The van der Waals surface area contributed by atoms with Crippen LogP contribution in [0.25, 0.3) is 0 Å². The zero-order chi connectivity index (χ0) is 41.5. The Morgan fingerprint density at radius 1 is 0.339 bits per heavy atom. The van der Waals surface area contributed by atoms with E-state index in [0.29, 0.717) is 25.7 Å². The van der Waals surface area contributed by atoms with Gasteiger partial charge in [0.2, 0.25) is 0 Å². The van der Waals surface area contributed by atoms with Gasteiger partial charge in [-0.1, -0.05) is 59.3 Å². The number of carbonyl (C=O) groups is 3. The molecule has 0 fully saturated rings. The standard InChI is InChI=1S/3C14H28O2S.C4H9.Sn/c3*1-2-3-4-5-6-7-8-9-10-11-12-13(17)14(15)16;1-3-4-2;/h3*13,17H,2-12H2,1H3,(H,15,16);1,3-4H2,2H3;/q;;;;+3/p-3. The molecule has 10 heteroatoms. The Labute approximate surface area is 369 Å². The molecule has 0 saturated heterocycles. The molecule has 0 aliphatic carbocycles. The van der Waals surface area contributed by atoms with Crippen LogP contribution in [0.15, 0.2) is 0 Å². The first kappa shape index (κ1) is 56.3. The van der Waals surface area contributed by atoms with Gasteiger partial charge in [0, 0.05) is 0 Å². The van der Waals surface area contributed by atoms with E-state index in [1.165, 1.54) is 135 Å². The molecule has 0 N–H and O–H groups in total. The Kier molecular flexibility index (Phi) is 40.8. The summed E-state index contributed by atoms with van der Waals surface area (Å²) in [5.74, 6) is -1.65. The van der Waals surface area contributed by atoms with Crippen LogP contribution in [-0.2, 0) is 23.6 Å². The number of hydrogen-bond donors (Lipinski definition) is 3. The number of carbonyl (C=O) groups excluding carboxylic acids is 3. The van der Waals surface area contributed by atoms with E-state index >= 15 is 0 Å². The Morgan fingerprint density at radius 2 is 0.536 bits per heavy atom. The van der Waals surface area contributed by atoms with Gasteiger partial charge in [-0.15, -0.1) is 0 Å². The molecule has 56 heavy (non-hydrogen) atoms. The Bertz CT molecular complexity index is 818. The van der Waals surface area contributed by atoms with E-state index in [2.05, 4.69) is 58.7 Å². The molecule has 0 aromatic heterocycles. The van der Waals surface area contributed by atoms with Gasteiger partial charge in [-0.25, -0.2) is 0 Å². The Morgan fingerprint density at radius 3 is 0.750 bits per heavy atom. The molecule has 0 aromatic carbocycles. The zero-order valence-electron chi connectivity index (χ0n) is 37.0. The summed E-state index contributed by atoms with van der Waals surface area (Å²) in [5, 5.41) is -2.01. The fourth-order valence-corrected chi connectivity index (χ4v) is 16.0. The van der Waals surface area contributed by atoms with Gasteiger partial charge >= 0.3 is 312 Å². The molecule has 0 aliphatic rings. The second-order valence-corrected chi connectivity index (χ2v) is 25.5. The predicted octanol–water partition coefficient (Wildman–Crippen LogP) is 15.2. The molecule has 0 spiro atoms. The monoisotopic (exact) mass is 954 g/mol. The van der Waals surface area contributed by atoms with Crippen LogP contribution in [0.1, 0.15) is 252 Å². The molecule has 3 unspecified atom stereocenters. The third kappa shape index (κ3) is 33.0. The molecular weight excluding hydrogens is 863 g/mol. The third-order valence-electron chi connectivity index (χ3n) is 10.9. The van der Waals surface area contributed by atoms with Crippen molar-refractivity contribution in [1.29, 1.82) is 0 Å². The molecule has 0 bridgehead atoms. The van der Waals surface area contributed by atoms with Crippen LogP contribution in [0.4, 0.5) is 0 Å². The second-order valence-electron chi connectivity index (χ2n) is 16.5. The number of unbranched alkanes of at least 4 members (excludes halogenated alkanes) is 28. The smallest absolute Gasteiger partial charge is 0.0654 e. The van der Waals surface area contributed by atoms with Gasteiger partial charge in [0.05, 0.1) is 0 Å². The zero-order valence-corrected chi connectivity index (χ0v) is 42.5. The minimum atomic E-state index is -5.13. The average molecular weight is 954 g/mol. The van der Waals surface area contributed by atoms with Gasteiger partial charge in [0.15, 0.2) is 0 Å². The van der Waals surface area contributed by atoms with E-state index < -0.39 is 53.3 Å². The summed E-state index contributed by atoms with van der Waals surface area (Å²) in [6, 6.07) is 0. The third-order valence-corrected chi connectivity index (χ3v) is 19.5. The van der Waals surface area contributed by atoms with Crippen molar-refractivity contribution < 1.29 is 23.6 Å². The molecule has 0 radical (unpaired) electrons. The normalized spacial score (nSPS) is 14.2. The predicted molar refractivity (Wildman–Crippen MR) is 251 cm³/mol. The van der Waals surface area contributed by atoms with Crippen LogP contribution in [-0.4, -0.2) is 53.3 Å². The summed E-state index contributed by atoms with van der Waals surface area (Å²) in [6.07, 6.45) is 39.3. The molecular formula is C46H90O6S3Sn. The molecule has 0 aliphatic heterocycles. The van der Waals surface area contributed by atoms with E-state index in [1.807, 2.05) is 6.92 Å². The minimum absolute atomic E-state index is 0.255. The molecule has 0 amide bonds. The fourth-order valence-electron chi connectivity index (χ4n) is 7.10. The Hall–Kier alpha value is 0.259. The van der Waals surface area contributed by atoms with Gasteiger partial charge < -0.3 is 0 Å². The first-order chi connectivity index (χ1) is 27.2. The quantitative estimate of drug-likeness (QED) is 0.0321. The first-order valence-corrected chi connectivity index (χ1v) is 30.9. The summed E-state index contributed by atoms with van der Waals surface area (Å²) in [4.78, 5) is 40.8. The van der Waals surface area contributed by atoms with E-state index in [4.69, 9.17) is 9.22 Å². The van der Waals surface area contributed by atoms with Crippen molar-refractivity contribution in [3.05, 3.63) is 0 Å². The maximum absolute atomic E-state index is 13.6. The van der Waals surface area contributed by atoms with Crippen LogP contribution in [0, 0.1) is 0 Å². The van der Waals surface area contributed by atoms with E-state index in [-0.39, 0.29) is 4.44 Å². The number of hydrogen-bond acceptors (Lipinski definition) is 9. The van der Waals surface area contributed by atoms with Crippen molar-refractivity contribution >= 4 is 75.4 Å². The van der Waals surface area contributed by atoms with Crippen LogP contribution >= 0.6 is 37.9 Å². The molecule has 0 saturated carbocycles. The Balaban J connectivity index is 5.30. The summed E-state index contributed by atoms with van der Waals surface area (Å²) in [6.45, 7) is 8.75. The van der Waals surface area contributed by atoms with Crippen molar-refractivity contribution in [3.63, 3.8) is 0 Å². The first-order valence-electron chi connectivity index (χ1n) is 23.9. The summed E-state index contributed by atoms with van der Waals surface area (Å²) in [5.41, 5.74) is 0. The SMILES string of the molecule is CCCCCCCCCCCCC(S)C(=O)[O][Sn]([CH2]CCC)([O]C(=O)C(S)CCCCCCCCCCCC)[O]C(=O)C(S)CCCCCCCCCCCC. The average Bonchev–Trinajstić information content (AvgIpc) is 3.18. The minimum Gasteiger partial charge on any atom is -0.0654 e. The van der Waals surface area contributed by atoms with Crippen LogP contribution in [0.5, 0.6) is 0 Å². The molecule has 6 nitrogen and oxygen atoms in total. The van der Waals surface area contributed by atoms with Crippen molar-refractivity contribution in [3.8, 4) is 0 Å². The maximum atomic E-state index is 13.6. The van der Waals surface area contributed by atoms with Crippen LogP contribution < -0.4 is 0 Å². The molecule has 0 rings (SSSR count). The van der Waals surface area contributed by atoms with Crippen molar-refractivity contribution in [2.24, 2.45) is 0 Å². The second kappa shape index (κ2) is 40.7. The molecule has 332 valence electrons. The van der Waals surface area contributed by atoms with Crippen molar-refractivity contribution in [2.75, 3.05) is 0 Å².